The fourth-order valence-corrected chi connectivity index (χ4v) is 2.95. The summed E-state index contributed by atoms with van der Waals surface area (Å²) in [6.45, 7) is 8.52. The second-order valence-corrected chi connectivity index (χ2v) is 7.61. The van der Waals surface area contributed by atoms with Gasteiger partial charge in [-0.15, -0.1) is 0 Å². The second kappa shape index (κ2) is 7.73. The number of aromatic nitrogens is 2. The smallest absolute Gasteiger partial charge is 0.313 e. The third kappa shape index (κ3) is 4.61. The number of hydrogen-bond donors (Lipinski definition) is 1. The minimum atomic E-state index is -0.608. The minimum absolute atomic E-state index is 0.0422. The molecule has 1 aromatic heterocycles. The standard InChI is InChI=1S/C20H25N5O2/c1-20(2,3)15-5-7-16(8-6-15)23-17(26)18(27)24-11-13-25(14-12-24)19-21-9-4-10-22-19/h4-10H,11-14H2,1-3H3,(H,23,26). The number of benzene rings is 1. The Morgan fingerprint density at radius 2 is 1.56 bits per heavy atom. The molecule has 0 spiro atoms. The first kappa shape index (κ1) is 18.8. The molecule has 1 fully saturated rings. The van der Waals surface area contributed by atoms with Crippen LogP contribution in [0, 0.1) is 0 Å². The number of anilines is 2. The Labute approximate surface area is 159 Å². The van der Waals surface area contributed by atoms with Gasteiger partial charge in [0.2, 0.25) is 5.95 Å². The fourth-order valence-electron chi connectivity index (χ4n) is 2.95. The first-order chi connectivity index (χ1) is 12.8. The molecule has 2 amide bonds. The van der Waals surface area contributed by atoms with Crippen molar-refractivity contribution >= 4 is 23.5 Å². The van der Waals surface area contributed by atoms with Crippen molar-refractivity contribution in [1.29, 1.82) is 0 Å². The predicted molar refractivity (Wildman–Crippen MR) is 105 cm³/mol. The van der Waals surface area contributed by atoms with Crippen LogP contribution in [0.2, 0.25) is 0 Å². The lowest BCUT2D eigenvalue weighted by Gasteiger charge is -2.34. The summed E-state index contributed by atoms with van der Waals surface area (Å²) in [6.07, 6.45) is 3.39. The van der Waals surface area contributed by atoms with E-state index in [2.05, 4.69) is 36.1 Å². The molecule has 27 heavy (non-hydrogen) atoms. The van der Waals surface area contributed by atoms with Gasteiger partial charge < -0.3 is 15.1 Å². The van der Waals surface area contributed by atoms with Crippen LogP contribution < -0.4 is 10.2 Å². The molecule has 1 aromatic carbocycles. The highest BCUT2D eigenvalue weighted by atomic mass is 16.2. The van der Waals surface area contributed by atoms with Gasteiger partial charge in [0.25, 0.3) is 0 Å². The highest BCUT2D eigenvalue weighted by Crippen LogP contribution is 2.23. The predicted octanol–water partition coefficient (Wildman–Crippen LogP) is 2.06. The van der Waals surface area contributed by atoms with Crippen molar-refractivity contribution in [1.82, 2.24) is 14.9 Å². The monoisotopic (exact) mass is 367 g/mol. The van der Waals surface area contributed by atoms with E-state index in [4.69, 9.17) is 0 Å². The van der Waals surface area contributed by atoms with Crippen molar-refractivity contribution in [3.05, 3.63) is 48.3 Å². The Morgan fingerprint density at radius 3 is 2.11 bits per heavy atom. The van der Waals surface area contributed by atoms with Gasteiger partial charge in [-0.2, -0.15) is 0 Å². The molecular weight excluding hydrogens is 342 g/mol. The molecule has 1 N–H and O–H groups in total. The van der Waals surface area contributed by atoms with Crippen molar-refractivity contribution in [3.63, 3.8) is 0 Å². The summed E-state index contributed by atoms with van der Waals surface area (Å²) in [5.41, 5.74) is 1.84. The van der Waals surface area contributed by atoms with E-state index in [1.54, 1.807) is 23.4 Å². The van der Waals surface area contributed by atoms with E-state index in [0.717, 1.165) is 0 Å². The first-order valence-electron chi connectivity index (χ1n) is 9.07. The Hall–Kier alpha value is -2.96. The summed E-state index contributed by atoms with van der Waals surface area (Å²) in [5.74, 6) is -0.473. The summed E-state index contributed by atoms with van der Waals surface area (Å²) in [5, 5.41) is 2.69. The van der Waals surface area contributed by atoms with Crippen LogP contribution in [0.25, 0.3) is 0 Å². The summed E-state index contributed by atoms with van der Waals surface area (Å²) < 4.78 is 0. The molecule has 2 heterocycles. The summed E-state index contributed by atoms with van der Waals surface area (Å²) in [7, 11) is 0. The number of hydrogen-bond acceptors (Lipinski definition) is 5. The molecule has 3 rings (SSSR count). The Kier molecular flexibility index (Phi) is 5.39. The SMILES string of the molecule is CC(C)(C)c1ccc(NC(=O)C(=O)N2CCN(c3ncccn3)CC2)cc1. The second-order valence-electron chi connectivity index (χ2n) is 7.61. The number of carbonyl (C=O) groups excluding carboxylic acids is 2. The third-order valence-corrected chi connectivity index (χ3v) is 4.60. The van der Waals surface area contributed by atoms with Gasteiger partial charge in [0, 0.05) is 44.3 Å². The molecule has 0 saturated carbocycles. The maximum absolute atomic E-state index is 12.4. The molecule has 7 nitrogen and oxygen atoms in total. The molecule has 7 heteroatoms. The van der Waals surface area contributed by atoms with E-state index in [0.29, 0.717) is 37.8 Å². The van der Waals surface area contributed by atoms with Gasteiger partial charge in [-0.3, -0.25) is 9.59 Å². The molecule has 0 atom stereocenters. The highest BCUT2D eigenvalue weighted by molar-refractivity contribution is 6.39. The summed E-state index contributed by atoms with van der Waals surface area (Å²) in [4.78, 5) is 36.8. The topological polar surface area (TPSA) is 78.4 Å². The fraction of sp³-hybridized carbons (Fsp3) is 0.400. The largest absolute Gasteiger partial charge is 0.337 e. The van der Waals surface area contributed by atoms with Crippen LogP contribution in [0.3, 0.4) is 0 Å². The van der Waals surface area contributed by atoms with Crippen molar-refractivity contribution in [2.75, 3.05) is 36.4 Å². The molecule has 0 bridgehead atoms. The van der Waals surface area contributed by atoms with Crippen molar-refractivity contribution < 1.29 is 9.59 Å². The molecule has 0 radical (unpaired) electrons. The van der Waals surface area contributed by atoms with Crippen LogP contribution in [0.5, 0.6) is 0 Å². The molecule has 1 saturated heterocycles. The summed E-state index contributed by atoms with van der Waals surface area (Å²) >= 11 is 0. The molecule has 0 unspecified atom stereocenters. The number of piperazine rings is 1. The quantitative estimate of drug-likeness (QED) is 0.822. The van der Waals surface area contributed by atoms with Gasteiger partial charge in [-0.1, -0.05) is 32.9 Å². The number of nitrogens with zero attached hydrogens (tertiary/aromatic N) is 4. The van der Waals surface area contributed by atoms with Crippen molar-refractivity contribution in [2.45, 2.75) is 26.2 Å². The van der Waals surface area contributed by atoms with Gasteiger partial charge in [0.1, 0.15) is 0 Å². The Morgan fingerprint density at radius 1 is 0.963 bits per heavy atom. The molecule has 1 aliphatic heterocycles. The normalized spacial score (nSPS) is 14.8. The van der Waals surface area contributed by atoms with E-state index in [9.17, 15) is 9.59 Å². The van der Waals surface area contributed by atoms with Crippen LogP contribution in [0.15, 0.2) is 42.7 Å². The van der Waals surface area contributed by atoms with Gasteiger partial charge in [-0.25, -0.2) is 9.97 Å². The maximum atomic E-state index is 12.4. The number of rotatable bonds is 2. The van der Waals surface area contributed by atoms with Crippen LogP contribution in [0.4, 0.5) is 11.6 Å². The van der Waals surface area contributed by atoms with Crippen LogP contribution in [0.1, 0.15) is 26.3 Å². The van der Waals surface area contributed by atoms with Crippen molar-refractivity contribution in [3.8, 4) is 0 Å². The minimum Gasteiger partial charge on any atom is -0.337 e. The zero-order valence-electron chi connectivity index (χ0n) is 16.0. The van der Waals surface area contributed by atoms with Crippen molar-refractivity contribution in [2.24, 2.45) is 0 Å². The van der Waals surface area contributed by atoms with Gasteiger partial charge in [0.05, 0.1) is 0 Å². The number of amides is 2. The van der Waals surface area contributed by atoms with Gasteiger partial charge in [-0.05, 0) is 29.2 Å². The maximum Gasteiger partial charge on any atom is 0.313 e. The van der Waals surface area contributed by atoms with Gasteiger partial charge in [0.15, 0.2) is 0 Å². The Bertz CT molecular complexity index is 791. The first-order valence-corrected chi connectivity index (χ1v) is 9.07. The highest BCUT2D eigenvalue weighted by Gasteiger charge is 2.27. The molecule has 1 aliphatic rings. The lowest BCUT2D eigenvalue weighted by molar-refractivity contribution is -0.143. The van der Waals surface area contributed by atoms with E-state index >= 15 is 0 Å². The zero-order chi connectivity index (χ0) is 19.4. The third-order valence-electron chi connectivity index (χ3n) is 4.60. The van der Waals surface area contributed by atoms with E-state index < -0.39 is 11.8 Å². The van der Waals surface area contributed by atoms with Crippen LogP contribution in [-0.4, -0.2) is 52.9 Å². The molecule has 0 aliphatic carbocycles. The Balaban J connectivity index is 1.54. The van der Waals surface area contributed by atoms with Crippen LogP contribution >= 0.6 is 0 Å². The lowest BCUT2D eigenvalue weighted by Crippen LogP contribution is -2.52. The van der Waals surface area contributed by atoms with Gasteiger partial charge >= 0.3 is 11.8 Å². The van der Waals surface area contributed by atoms with E-state index in [1.807, 2.05) is 29.2 Å². The number of carbonyl (C=O) groups is 2. The molecule has 142 valence electrons. The molecular formula is C20H25N5O2. The molecule has 2 aromatic rings. The summed E-state index contributed by atoms with van der Waals surface area (Å²) in [6, 6.07) is 9.37. The average molecular weight is 367 g/mol. The van der Waals surface area contributed by atoms with E-state index in [-0.39, 0.29) is 5.41 Å². The average Bonchev–Trinajstić information content (AvgIpc) is 2.68. The van der Waals surface area contributed by atoms with E-state index in [1.165, 1.54) is 5.56 Å². The van der Waals surface area contributed by atoms with Crippen LogP contribution in [-0.2, 0) is 15.0 Å². The zero-order valence-corrected chi connectivity index (χ0v) is 16.0. The lowest BCUT2D eigenvalue weighted by atomic mass is 9.87. The number of nitrogens with one attached hydrogen (secondary N) is 1.